The van der Waals surface area contributed by atoms with E-state index in [1.54, 1.807) is 0 Å². The number of β-lactam (4-membered cyclic amide) rings is 1. The second-order valence-electron chi connectivity index (χ2n) is 3.59. The molecule has 0 spiro atoms. The van der Waals surface area contributed by atoms with Crippen LogP contribution in [-0.2, 0) is 9.59 Å². The number of carboxylic acid groups (broad SMARTS) is 1. The van der Waals surface area contributed by atoms with Crippen molar-refractivity contribution in [1.29, 1.82) is 0 Å². The van der Waals surface area contributed by atoms with Crippen molar-refractivity contribution in [3.05, 3.63) is 10.6 Å². The molecule has 0 aromatic rings. The van der Waals surface area contributed by atoms with Crippen molar-refractivity contribution in [2.24, 2.45) is 5.92 Å². The smallest absolute Gasteiger partial charge is 0.353 e. The molecule has 0 radical (unpaired) electrons. The van der Waals surface area contributed by atoms with Crippen LogP contribution in [0.25, 0.3) is 0 Å². The number of rotatable bonds is 2. The average molecular weight is 213 g/mol. The van der Waals surface area contributed by atoms with E-state index in [9.17, 15) is 9.59 Å². The molecule has 1 amide bonds. The highest BCUT2D eigenvalue weighted by Gasteiger charge is 2.53. The van der Waals surface area contributed by atoms with Gasteiger partial charge in [0.1, 0.15) is 5.70 Å². The Hall–Kier alpha value is -0.970. The van der Waals surface area contributed by atoms with Crippen molar-refractivity contribution >= 4 is 24.5 Å². The number of aliphatic carboxylic acids is 1. The number of fused-ring (bicyclic) bond motifs is 1. The molecule has 14 heavy (non-hydrogen) atoms. The molecule has 1 fully saturated rings. The second kappa shape index (κ2) is 3.02. The maximum Gasteiger partial charge on any atom is 0.353 e. The van der Waals surface area contributed by atoms with Crippen molar-refractivity contribution < 1.29 is 14.7 Å². The molecule has 2 heterocycles. The van der Waals surface area contributed by atoms with Gasteiger partial charge in [-0.25, -0.2) is 4.79 Å². The zero-order valence-corrected chi connectivity index (χ0v) is 8.62. The van der Waals surface area contributed by atoms with Crippen LogP contribution in [0.1, 0.15) is 19.8 Å². The van der Waals surface area contributed by atoms with Gasteiger partial charge in [0.25, 0.3) is 0 Å². The number of hydrogen-bond donors (Lipinski definition) is 2. The molecule has 2 unspecified atom stereocenters. The average Bonchev–Trinajstić information content (AvgIpc) is 2.40. The van der Waals surface area contributed by atoms with E-state index in [1.165, 1.54) is 4.90 Å². The first-order valence-corrected chi connectivity index (χ1v) is 5.01. The molecule has 2 rings (SSSR count). The standard InChI is InChI=1S/C9H11NO3S/c1-2-4-5-3-6(14)7(9(12)13)10(5)8(4)11/h4-5,14H,2-3H2,1H3,(H,12,13). The summed E-state index contributed by atoms with van der Waals surface area (Å²) in [6, 6.07) is 0.0473. The number of hydrogen-bond acceptors (Lipinski definition) is 3. The van der Waals surface area contributed by atoms with Gasteiger partial charge in [-0.2, -0.15) is 0 Å². The third-order valence-electron chi connectivity index (χ3n) is 2.91. The van der Waals surface area contributed by atoms with E-state index in [-0.39, 0.29) is 23.6 Å². The lowest BCUT2D eigenvalue weighted by molar-refractivity contribution is -0.155. The maximum absolute atomic E-state index is 11.5. The zero-order valence-electron chi connectivity index (χ0n) is 7.73. The van der Waals surface area contributed by atoms with Crippen LogP contribution in [0.4, 0.5) is 0 Å². The first-order chi connectivity index (χ1) is 6.57. The van der Waals surface area contributed by atoms with Gasteiger partial charge >= 0.3 is 5.97 Å². The van der Waals surface area contributed by atoms with Crippen LogP contribution in [-0.4, -0.2) is 27.9 Å². The highest BCUT2D eigenvalue weighted by molar-refractivity contribution is 7.84. The quantitative estimate of drug-likeness (QED) is 0.528. The molecule has 2 aliphatic rings. The number of carbonyl (C=O) groups excluding carboxylic acids is 1. The fourth-order valence-electron chi connectivity index (χ4n) is 2.22. The van der Waals surface area contributed by atoms with Crippen molar-refractivity contribution in [1.82, 2.24) is 4.90 Å². The Bertz CT molecular complexity index is 350. The first-order valence-electron chi connectivity index (χ1n) is 4.56. The van der Waals surface area contributed by atoms with Gasteiger partial charge < -0.3 is 10.0 Å². The van der Waals surface area contributed by atoms with E-state index >= 15 is 0 Å². The van der Waals surface area contributed by atoms with Crippen LogP contribution >= 0.6 is 12.6 Å². The molecule has 5 heteroatoms. The van der Waals surface area contributed by atoms with E-state index in [2.05, 4.69) is 12.6 Å². The summed E-state index contributed by atoms with van der Waals surface area (Å²) in [5.41, 5.74) is 0.0769. The van der Waals surface area contributed by atoms with Gasteiger partial charge in [0.05, 0.1) is 12.0 Å². The lowest BCUT2D eigenvalue weighted by Gasteiger charge is -2.42. The van der Waals surface area contributed by atoms with E-state index in [0.29, 0.717) is 11.3 Å². The molecule has 76 valence electrons. The molecule has 0 bridgehead atoms. The van der Waals surface area contributed by atoms with E-state index in [0.717, 1.165) is 6.42 Å². The number of thiol groups is 1. The fraction of sp³-hybridized carbons (Fsp3) is 0.556. The van der Waals surface area contributed by atoms with E-state index in [1.807, 2.05) is 6.92 Å². The third-order valence-corrected chi connectivity index (χ3v) is 3.30. The lowest BCUT2D eigenvalue weighted by Crippen LogP contribution is -2.58. The van der Waals surface area contributed by atoms with E-state index in [4.69, 9.17) is 5.11 Å². The predicted octanol–water partition coefficient (Wildman–Crippen LogP) is 0.853. The minimum atomic E-state index is -1.06. The summed E-state index contributed by atoms with van der Waals surface area (Å²) in [6.07, 6.45) is 1.36. The van der Waals surface area contributed by atoms with Crippen LogP contribution in [0.2, 0.25) is 0 Å². The van der Waals surface area contributed by atoms with Gasteiger partial charge in [0.15, 0.2) is 0 Å². The largest absolute Gasteiger partial charge is 0.477 e. The summed E-state index contributed by atoms with van der Waals surface area (Å²) in [4.78, 5) is 24.3. The fourth-order valence-corrected chi connectivity index (χ4v) is 2.61. The van der Waals surface area contributed by atoms with Gasteiger partial charge in [0, 0.05) is 11.3 Å². The van der Waals surface area contributed by atoms with Crippen LogP contribution in [0.5, 0.6) is 0 Å². The van der Waals surface area contributed by atoms with Gasteiger partial charge in [-0.05, 0) is 6.42 Å². The third kappa shape index (κ3) is 1.02. The molecule has 0 aliphatic carbocycles. The number of nitrogens with zero attached hydrogens (tertiary/aromatic N) is 1. The first kappa shape index (κ1) is 9.58. The van der Waals surface area contributed by atoms with Crippen LogP contribution in [0.15, 0.2) is 10.6 Å². The van der Waals surface area contributed by atoms with Crippen molar-refractivity contribution in [2.45, 2.75) is 25.8 Å². The lowest BCUT2D eigenvalue weighted by atomic mass is 9.85. The molecule has 1 saturated heterocycles. The summed E-state index contributed by atoms with van der Waals surface area (Å²) in [6.45, 7) is 1.94. The molecule has 2 aliphatic heterocycles. The topological polar surface area (TPSA) is 57.6 Å². The van der Waals surface area contributed by atoms with Crippen molar-refractivity contribution in [3.63, 3.8) is 0 Å². The molecule has 0 saturated carbocycles. The Morgan fingerprint density at radius 2 is 2.36 bits per heavy atom. The maximum atomic E-state index is 11.5. The summed E-state index contributed by atoms with van der Waals surface area (Å²) in [5.74, 6) is -1.13. The van der Waals surface area contributed by atoms with Gasteiger partial charge in [-0.3, -0.25) is 4.79 Å². The summed E-state index contributed by atoms with van der Waals surface area (Å²) in [7, 11) is 0. The van der Waals surface area contributed by atoms with Crippen LogP contribution in [0, 0.1) is 5.92 Å². The van der Waals surface area contributed by atoms with Crippen molar-refractivity contribution in [2.75, 3.05) is 0 Å². The molecule has 1 N–H and O–H groups in total. The Balaban J connectivity index is 2.27. The number of amides is 1. The molecule has 0 aromatic carbocycles. The molecular weight excluding hydrogens is 202 g/mol. The number of carbonyl (C=O) groups is 2. The number of carboxylic acids is 1. The summed E-state index contributed by atoms with van der Waals surface area (Å²) in [5, 5.41) is 8.88. The van der Waals surface area contributed by atoms with Gasteiger partial charge in [-0.1, -0.05) is 6.92 Å². The van der Waals surface area contributed by atoms with Gasteiger partial charge in [-0.15, -0.1) is 12.6 Å². The predicted molar refractivity (Wildman–Crippen MR) is 52.7 cm³/mol. The van der Waals surface area contributed by atoms with Gasteiger partial charge in [0.2, 0.25) is 5.91 Å². The van der Waals surface area contributed by atoms with Crippen LogP contribution < -0.4 is 0 Å². The second-order valence-corrected chi connectivity index (χ2v) is 4.13. The summed E-state index contributed by atoms with van der Waals surface area (Å²) >= 11 is 4.11. The Kier molecular flexibility index (Phi) is 2.06. The zero-order chi connectivity index (χ0) is 10.5. The summed E-state index contributed by atoms with van der Waals surface area (Å²) < 4.78 is 0. The van der Waals surface area contributed by atoms with E-state index < -0.39 is 5.97 Å². The molecular formula is C9H11NO3S. The Labute approximate surface area is 87.0 Å². The normalized spacial score (nSPS) is 30.4. The molecule has 0 aromatic heterocycles. The Morgan fingerprint density at radius 3 is 2.86 bits per heavy atom. The van der Waals surface area contributed by atoms with Crippen molar-refractivity contribution in [3.8, 4) is 0 Å². The highest BCUT2D eigenvalue weighted by atomic mass is 32.1. The molecule has 4 nitrogen and oxygen atoms in total. The minimum Gasteiger partial charge on any atom is -0.477 e. The monoisotopic (exact) mass is 213 g/mol. The van der Waals surface area contributed by atoms with Crippen LogP contribution in [0.3, 0.4) is 0 Å². The molecule has 2 atom stereocenters. The minimum absolute atomic E-state index is 0.00556. The Morgan fingerprint density at radius 1 is 1.71 bits per heavy atom. The SMILES string of the molecule is CCC1C(=O)N2C(C(=O)O)=C(S)CC12. The highest BCUT2D eigenvalue weighted by Crippen LogP contribution is 2.44.